The number of aryl methyl sites for hydroxylation is 1. The number of rotatable bonds is 6. The van der Waals surface area contributed by atoms with Gasteiger partial charge >= 0.3 is 0 Å². The number of hydrogen-bond acceptors (Lipinski definition) is 4. The van der Waals surface area contributed by atoms with E-state index in [1.807, 2.05) is 13.8 Å². The van der Waals surface area contributed by atoms with Crippen molar-refractivity contribution in [1.82, 2.24) is 15.5 Å². The second kappa shape index (κ2) is 10.6. The maximum absolute atomic E-state index is 13.5. The Morgan fingerprint density at radius 3 is 2.66 bits per heavy atom. The summed E-state index contributed by atoms with van der Waals surface area (Å²) in [6, 6.07) is 4.59. The van der Waals surface area contributed by atoms with Crippen LogP contribution < -0.4 is 10.6 Å². The first-order valence-corrected chi connectivity index (χ1v) is 9.93. The zero-order chi connectivity index (χ0) is 20.1. The Labute approximate surface area is 189 Å². The van der Waals surface area contributed by atoms with E-state index in [2.05, 4.69) is 34.4 Å². The van der Waals surface area contributed by atoms with E-state index in [0.29, 0.717) is 12.1 Å². The van der Waals surface area contributed by atoms with Crippen LogP contribution in [0, 0.1) is 12.7 Å². The number of nitrogens with zero attached hydrogens (tertiary/aromatic N) is 2. The van der Waals surface area contributed by atoms with Crippen molar-refractivity contribution < 1.29 is 13.5 Å². The van der Waals surface area contributed by atoms with Gasteiger partial charge in [-0.15, -0.1) is 24.0 Å². The molecule has 1 aliphatic heterocycles. The van der Waals surface area contributed by atoms with Gasteiger partial charge in [0.25, 0.3) is 0 Å². The number of nitrogens with one attached hydrogen (secondary N) is 2. The van der Waals surface area contributed by atoms with Gasteiger partial charge in [0.05, 0.1) is 13.2 Å². The summed E-state index contributed by atoms with van der Waals surface area (Å²) in [7, 11) is 0. The lowest BCUT2D eigenvalue weighted by atomic mass is 10.0. The van der Waals surface area contributed by atoms with Gasteiger partial charge < -0.3 is 19.8 Å². The summed E-state index contributed by atoms with van der Waals surface area (Å²) in [5, 5.41) is 7.53. The summed E-state index contributed by atoms with van der Waals surface area (Å²) < 4.78 is 24.8. The molecule has 1 fully saturated rings. The van der Waals surface area contributed by atoms with Crippen molar-refractivity contribution in [1.29, 1.82) is 0 Å². The predicted molar refractivity (Wildman–Crippen MR) is 126 cm³/mol. The third-order valence-electron chi connectivity index (χ3n) is 5.28. The van der Waals surface area contributed by atoms with E-state index in [9.17, 15) is 4.39 Å². The van der Waals surface area contributed by atoms with E-state index in [1.165, 1.54) is 12.1 Å². The topological polar surface area (TPSA) is 62.0 Å². The van der Waals surface area contributed by atoms with Gasteiger partial charge in [0, 0.05) is 42.7 Å². The van der Waals surface area contributed by atoms with Gasteiger partial charge in [-0.1, -0.05) is 0 Å². The fourth-order valence-electron chi connectivity index (χ4n) is 3.47. The molecule has 1 aliphatic rings. The highest BCUT2D eigenvalue weighted by Crippen LogP contribution is 2.26. The van der Waals surface area contributed by atoms with Crippen molar-refractivity contribution in [3.05, 3.63) is 35.3 Å². The maximum Gasteiger partial charge on any atom is 0.191 e. The zero-order valence-corrected chi connectivity index (χ0v) is 20.0. The number of fused-ring (bicyclic) bond motifs is 1. The van der Waals surface area contributed by atoms with E-state index in [4.69, 9.17) is 9.15 Å². The summed E-state index contributed by atoms with van der Waals surface area (Å²) in [6.45, 7) is 13.8. The maximum atomic E-state index is 13.5. The van der Waals surface area contributed by atoms with Crippen LogP contribution in [-0.4, -0.2) is 55.8 Å². The van der Waals surface area contributed by atoms with Crippen LogP contribution in [0.2, 0.25) is 0 Å². The van der Waals surface area contributed by atoms with Crippen LogP contribution in [-0.2, 0) is 11.3 Å². The molecule has 3 rings (SSSR count). The summed E-state index contributed by atoms with van der Waals surface area (Å²) >= 11 is 0. The molecule has 1 aromatic carbocycles. The number of aliphatic imine (C=N–C) groups is 1. The molecule has 162 valence electrons. The van der Waals surface area contributed by atoms with Gasteiger partial charge in [-0.05, 0) is 45.9 Å². The fraction of sp³-hybridized carbons (Fsp3) is 0.571. The van der Waals surface area contributed by atoms with Gasteiger partial charge in [-0.2, -0.15) is 0 Å². The molecule has 2 heterocycles. The van der Waals surface area contributed by atoms with Crippen LogP contribution in [0.1, 0.15) is 32.1 Å². The Kier molecular flexibility index (Phi) is 8.72. The van der Waals surface area contributed by atoms with Gasteiger partial charge in [-0.25, -0.2) is 9.38 Å². The monoisotopic (exact) mass is 518 g/mol. The molecule has 2 aromatic rings. The molecular formula is C21H32FIN4O2. The van der Waals surface area contributed by atoms with Crippen LogP contribution in [0.4, 0.5) is 4.39 Å². The normalized spacial score (nSPS) is 16.0. The SMILES string of the molecule is CCNC(=NCc1oc2ccc(F)cc2c1C)NCC(C)(C)N1CCOCC1.I. The Bertz CT molecular complexity index is 831. The first-order valence-electron chi connectivity index (χ1n) is 9.93. The molecule has 0 bridgehead atoms. The van der Waals surface area contributed by atoms with Crippen LogP contribution in [0.5, 0.6) is 0 Å². The smallest absolute Gasteiger partial charge is 0.191 e. The van der Waals surface area contributed by atoms with Gasteiger partial charge in [0.2, 0.25) is 0 Å². The highest BCUT2D eigenvalue weighted by Gasteiger charge is 2.28. The predicted octanol–water partition coefficient (Wildman–Crippen LogP) is 3.66. The molecule has 0 aliphatic carbocycles. The molecule has 0 radical (unpaired) electrons. The lowest BCUT2D eigenvalue weighted by Gasteiger charge is -2.41. The number of halogens is 2. The second-order valence-electron chi connectivity index (χ2n) is 7.75. The van der Waals surface area contributed by atoms with Crippen LogP contribution in [0.3, 0.4) is 0 Å². The lowest BCUT2D eigenvalue weighted by molar-refractivity contribution is -0.00834. The number of guanidine groups is 1. The third kappa shape index (κ3) is 6.05. The Morgan fingerprint density at radius 1 is 1.24 bits per heavy atom. The molecule has 1 aromatic heterocycles. The molecule has 0 amide bonds. The number of hydrogen-bond donors (Lipinski definition) is 2. The molecule has 0 unspecified atom stereocenters. The van der Waals surface area contributed by atoms with Crippen molar-refractivity contribution in [2.24, 2.45) is 4.99 Å². The van der Waals surface area contributed by atoms with E-state index in [0.717, 1.165) is 62.1 Å². The van der Waals surface area contributed by atoms with Crippen molar-refractivity contribution >= 4 is 40.9 Å². The number of benzene rings is 1. The van der Waals surface area contributed by atoms with Crippen molar-refractivity contribution in [3.63, 3.8) is 0 Å². The van der Waals surface area contributed by atoms with Gasteiger partial charge in [0.15, 0.2) is 5.96 Å². The fourth-order valence-corrected chi connectivity index (χ4v) is 3.47. The molecule has 2 N–H and O–H groups in total. The quantitative estimate of drug-likeness (QED) is 0.347. The summed E-state index contributed by atoms with van der Waals surface area (Å²) in [6.07, 6.45) is 0. The molecule has 6 nitrogen and oxygen atoms in total. The molecular weight excluding hydrogens is 486 g/mol. The number of morpholine rings is 1. The first kappa shape index (κ1) is 23.9. The molecule has 1 saturated heterocycles. The van der Waals surface area contributed by atoms with E-state index in [1.54, 1.807) is 6.07 Å². The van der Waals surface area contributed by atoms with Crippen LogP contribution in [0.15, 0.2) is 27.6 Å². The second-order valence-corrected chi connectivity index (χ2v) is 7.75. The third-order valence-corrected chi connectivity index (χ3v) is 5.28. The van der Waals surface area contributed by atoms with E-state index < -0.39 is 0 Å². The average molecular weight is 518 g/mol. The van der Waals surface area contributed by atoms with Crippen LogP contribution >= 0.6 is 24.0 Å². The minimum Gasteiger partial charge on any atom is -0.459 e. The summed E-state index contributed by atoms with van der Waals surface area (Å²) in [4.78, 5) is 7.11. The molecule has 0 spiro atoms. The number of furan rings is 1. The average Bonchev–Trinajstić information content (AvgIpc) is 3.00. The highest BCUT2D eigenvalue weighted by molar-refractivity contribution is 14.0. The molecule has 8 heteroatoms. The first-order chi connectivity index (χ1) is 13.4. The molecule has 29 heavy (non-hydrogen) atoms. The van der Waals surface area contributed by atoms with Gasteiger partial charge in [0.1, 0.15) is 23.7 Å². The lowest BCUT2D eigenvalue weighted by Crippen LogP contribution is -2.56. The van der Waals surface area contributed by atoms with Crippen molar-refractivity contribution in [3.8, 4) is 0 Å². The highest BCUT2D eigenvalue weighted by atomic mass is 127. The Balaban J connectivity index is 0.00000300. The largest absolute Gasteiger partial charge is 0.459 e. The van der Waals surface area contributed by atoms with Crippen molar-refractivity contribution in [2.45, 2.75) is 39.8 Å². The Hall–Kier alpha value is -1.39. The molecule has 0 atom stereocenters. The zero-order valence-electron chi connectivity index (χ0n) is 17.7. The standard InChI is InChI=1S/C21H31FN4O2.HI/c1-5-23-20(25-14-21(3,4)26-8-10-27-11-9-26)24-13-19-15(2)17-12-16(22)6-7-18(17)28-19;/h6-7,12H,5,8-11,13-14H2,1-4H3,(H2,23,24,25);1H. The van der Waals surface area contributed by atoms with E-state index >= 15 is 0 Å². The minimum absolute atomic E-state index is 0. The Morgan fingerprint density at radius 2 is 1.97 bits per heavy atom. The van der Waals surface area contributed by atoms with Crippen molar-refractivity contribution in [2.75, 3.05) is 39.4 Å². The summed E-state index contributed by atoms with van der Waals surface area (Å²) in [5.74, 6) is 1.24. The van der Waals surface area contributed by atoms with Gasteiger partial charge in [-0.3, -0.25) is 4.90 Å². The van der Waals surface area contributed by atoms with E-state index in [-0.39, 0.29) is 35.3 Å². The van der Waals surface area contributed by atoms with Crippen LogP contribution in [0.25, 0.3) is 11.0 Å². The number of ether oxygens (including phenoxy) is 1. The molecule has 0 saturated carbocycles. The minimum atomic E-state index is -0.258. The summed E-state index contributed by atoms with van der Waals surface area (Å²) in [5.41, 5.74) is 1.62.